The lowest BCUT2D eigenvalue weighted by Gasteiger charge is -2.16. The fourth-order valence-electron chi connectivity index (χ4n) is 4.44. The number of nitrogens with one attached hydrogen (secondary N) is 1. The van der Waals surface area contributed by atoms with Crippen LogP contribution in [0.3, 0.4) is 0 Å². The molecule has 7 nitrogen and oxygen atoms in total. The lowest BCUT2D eigenvalue weighted by molar-refractivity contribution is -0.142. The SMILES string of the molecule is COC(=O)C(Cc1ccc(OCc2ccccc2)cc1)NC(=O)c1cn2cc(-c3ccc(Cl)cc3)c(C)cc2n1. The number of halogens is 1. The van der Waals surface area contributed by atoms with Crippen LogP contribution >= 0.6 is 11.6 Å². The van der Waals surface area contributed by atoms with Gasteiger partial charge in [0.05, 0.1) is 7.11 Å². The summed E-state index contributed by atoms with van der Waals surface area (Å²) >= 11 is 6.04. The molecule has 0 spiro atoms. The van der Waals surface area contributed by atoms with Crippen molar-refractivity contribution >= 4 is 29.1 Å². The second-order valence-electron chi connectivity index (χ2n) is 9.44. The number of fused-ring (bicyclic) bond motifs is 1. The Morgan fingerprint density at radius 3 is 2.38 bits per heavy atom. The highest BCUT2D eigenvalue weighted by atomic mass is 35.5. The molecule has 202 valence electrons. The minimum absolute atomic E-state index is 0.200. The van der Waals surface area contributed by atoms with Crippen LogP contribution in [-0.4, -0.2) is 34.4 Å². The van der Waals surface area contributed by atoms with E-state index >= 15 is 0 Å². The Morgan fingerprint density at radius 2 is 1.68 bits per heavy atom. The molecule has 2 heterocycles. The number of imidazole rings is 1. The number of esters is 1. The number of carbonyl (C=O) groups is 2. The van der Waals surface area contributed by atoms with Gasteiger partial charge in [0, 0.05) is 29.4 Å². The predicted octanol–water partition coefficient (Wildman–Crippen LogP) is 6.06. The van der Waals surface area contributed by atoms with Gasteiger partial charge in [-0.1, -0.05) is 66.2 Å². The monoisotopic (exact) mass is 553 g/mol. The number of aromatic nitrogens is 2. The van der Waals surface area contributed by atoms with Gasteiger partial charge in [0.1, 0.15) is 29.7 Å². The fourth-order valence-corrected chi connectivity index (χ4v) is 4.56. The van der Waals surface area contributed by atoms with Crippen molar-refractivity contribution in [3.63, 3.8) is 0 Å². The number of hydrogen-bond acceptors (Lipinski definition) is 5. The number of ether oxygens (including phenoxy) is 2. The number of methoxy groups -OCH3 is 1. The Kier molecular flexibility index (Phi) is 8.12. The van der Waals surface area contributed by atoms with Gasteiger partial charge in [-0.15, -0.1) is 0 Å². The molecule has 5 aromatic rings. The number of benzene rings is 3. The van der Waals surface area contributed by atoms with Crippen molar-refractivity contribution < 1.29 is 19.1 Å². The van der Waals surface area contributed by atoms with Gasteiger partial charge in [-0.2, -0.15) is 0 Å². The summed E-state index contributed by atoms with van der Waals surface area (Å²) in [6.45, 7) is 2.45. The molecule has 0 saturated heterocycles. The Hall–Kier alpha value is -4.62. The Morgan fingerprint density at radius 1 is 0.950 bits per heavy atom. The highest BCUT2D eigenvalue weighted by Gasteiger charge is 2.24. The van der Waals surface area contributed by atoms with E-state index in [2.05, 4.69) is 10.3 Å². The summed E-state index contributed by atoms with van der Waals surface area (Å²) in [6, 6.07) is 25.9. The molecule has 0 fully saturated rings. The number of pyridine rings is 1. The number of hydrogen-bond donors (Lipinski definition) is 1. The Labute approximate surface area is 237 Å². The second kappa shape index (κ2) is 12.1. The molecule has 1 atom stereocenters. The third kappa shape index (κ3) is 6.33. The summed E-state index contributed by atoms with van der Waals surface area (Å²) < 4.78 is 12.6. The van der Waals surface area contributed by atoms with E-state index in [4.69, 9.17) is 21.1 Å². The predicted molar refractivity (Wildman–Crippen MR) is 155 cm³/mol. The lowest BCUT2D eigenvalue weighted by atomic mass is 10.0. The van der Waals surface area contributed by atoms with E-state index in [0.717, 1.165) is 27.8 Å². The minimum atomic E-state index is -0.884. The summed E-state index contributed by atoms with van der Waals surface area (Å²) in [7, 11) is 1.30. The molecule has 0 aliphatic rings. The van der Waals surface area contributed by atoms with Crippen molar-refractivity contribution in [2.45, 2.75) is 26.0 Å². The third-order valence-corrected chi connectivity index (χ3v) is 6.84. The Bertz CT molecular complexity index is 1630. The first-order valence-electron chi connectivity index (χ1n) is 12.8. The normalized spacial score (nSPS) is 11.7. The van der Waals surface area contributed by atoms with Crippen LogP contribution in [0.4, 0.5) is 0 Å². The van der Waals surface area contributed by atoms with E-state index in [1.54, 1.807) is 10.6 Å². The highest BCUT2D eigenvalue weighted by Crippen LogP contribution is 2.26. The average Bonchev–Trinajstić information content (AvgIpc) is 3.39. The number of amides is 1. The summed E-state index contributed by atoms with van der Waals surface area (Å²) in [4.78, 5) is 30.2. The average molecular weight is 554 g/mol. The standard InChI is InChI=1S/C32H28ClN3O4/c1-21-16-30-34-29(19-36(30)18-27(21)24-10-12-25(33)13-11-24)31(37)35-28(32(38)39-2)17-22-8-14-26(15-9-22)40-20-23-6-4-3-5-7-23/h3-16,18-19,28H,17,20H2,1-2H3,(H,35,37). The molecular weight excluding hydrogens is 526 g/mol. The van der Waals surface area contributed by atoms with Crippen molar-refractivity contribution in [3.8, 4) is 16.9 Å². The number of aryl methyl sites for hydroxylation is 1. The van der Waals surface area contributed by atoms with Crippen LogP contribution in [0, 0.1) is 6.92 Å². The highest BCUT2D eigenvalue weighted by molar-refractivity contribution is 6.30. The summed E-state index contributed by atoms with van der Waals surface area (Å²) in [5.74, 6) is -0.292. The van der Waals surface area contributed by atoms with Crippen LogP contribution in [-0.2, 0) is 22.6 Å². The molecule has 5 rings (SSSR count). The summed E-state index contributed by atoms with van der Waals surface area (Å²) in [6.07, 6.45) is 3.83. The van der Waals surface area contributed by atoms with E-state index in [-0.39, 0.29) is 12.1 Å². The first-order chi connectivity index (χ1) is 19.4. The van der Waals surface area contributed by atoms with Gasteiger partial charge in [0.2, 0.25) is 0 Å². The van der Waals surface area contributed by atoms with Gasteiger partial charge in [-0.25, -0.2) is 9.78 Å². The van der Waals surface area contributed by atoms with E-state index in [9.17, 15) is 9.59 Å². The van der Waals surface area contributed by atoms with Crippen molar-refractivity contribution in [1.29, 1.82) is 0 Å². The Balaban J connectivity index is 1.28. The molecule has 0 radical (unpaired) electrons. The second-order valence-corrected chi connectivity index (χ2v) is 9.88. The van der Waals surface area contributed by atoms with E-state index in [0.29, 0.717) is 23.0 Å². The van der Waals surface area contributed by atoms with Crippen LogP contribution in [0.25, 0.3) is 16.8 Å². The van der Waals surface area contributed by atoms with E-state index < -0.39 is 17.9 Å². The van der Waals surface area contributed by atoms with Crippen molar-refractivity contribution in [3.05, 3.63) is 125 Å². The number of carbonyl (C=O) groups excluding carboxylic acids is 2. The zero-order chi connectivity index (χ0) is 28.1. The lowest BCUT2D eigenvalue weighted by Crippen LogP contribution is -2.43. The molecule has 1 N–H and O–H groups in total. The molecule has 0 aliphatic carbocycles. The van der Waals surface area contributed by atoms with Gasteiger partial charge in [0.25, 0.3) is 5.91 Å². The van der Waals surface area contributed by atoms with Gasteiger partial charge >= 0.3 is 5.97 Å². The fraction of sp³-hybridized carbons (Fsp3) is 0.156. The smallest absolute Gasteiger partial charge is 0.328 e. The molecule has 3 aromatic carbocycles. The maximum Gasteiger partial charge on any atom is 0.328 e. The third-order valence-electron chi connectivity index (χ3n) is 6.59. The van der Waals surface area contributed by atoms with Gasteiger partial charge in [0.15, 0.2) is 0 Å². The largest absolute Gasteiger partial charge is 0.489 e. The topological polar surface area (TPSA) is 81.9 Å². The van der Waals surface area contributed by atoms with Gasteiger partial charge in [-0.05, 0) is 59.5 Å². The molecule has 40 heavy (non-hydrogen) atoms. The first-order valence-corrected chi connectivity index (χ1v) is 13.2. The molecule has 0 saturated carbocycles. The zero-order valence-corrected chi connectivity index (χ0v) is 22.9. The minimum Gasteiger partial charge on any atom is -0.489 e. The zero-order valence-electron chi connectivity index (χ0n) is 22.1. The van der Waals surface area contributed by atoms with E-state index in [1.165, 1.54) is 7.11 Å². The maximum atomic E-state index is 13.2. The van der Waals surface area contributed by atoms with Gasteiger partial charge in [-0.3, -0.25) is 4.79 Å². The van der Waals surface area contributed by atoms with Crippen LogP contribution in [0.2, 0.25) is 5.02 Å². The quantitative estimate of drug-likeness (QED) is 0.224. The van der Waals surface area contributed by atoms with Gasteiger partial charge < -0.3 is 19.2 Å². The molecule has 2 aromatic heterocycles. The first kappa shape index (κ1) is 27.0. The summed E-state index contributed by atoms with van der Waals surface area (Å²) in [5.41, 5.74) is 5.76. The molecule has 1 unspecified atom stereocenters. The number of rotatable bonds is 9. The maximum absolute atomic E-state index is 13.2. The summed E-state index contributed by atoms with van der Waals surface area (Å²) in [5, 5.41) is 3.45. The molecule has 0 aliphatic heterocycles. The molecule has 1 amide bonds. The van der Waals surface area contributed by atoms with E-state index in [1.807, 2.05) is 98.0 Å². The van der Waals surface area contributed by atoms with Crippen molar-refractivity contribution in [2.24, 2.45) is 0 Å². The molecule has 0 bridgehead atoms. The van der Waals surface area contributed by atoms with Crippen molar-refractivity contribution in [2.75, 3.05) is 7.11 Å². The van der Waals surface area contributed by atoms with Crippen molar-refractivity contribution in [1.82, 2.24) is 14.7 Å². The number of nitrogens with zero attached hydrogens (tertiary/aromatic N) is 2. The molecular formula is C32H28ClN3O4. The van der Waals surface area contributed by atoms with Crippen LogP contribution in [0.1, 0.15) is 27.2 Å². The molecule has 8 heteroatoms. The van der Waals surface area contributed by atoms with Crippen LogP contribution < -0.4 is 10.1 Å². The van der Waals surface area contributed by atoms with Crippen LogP contribution in [0.15, 0.2) is 97.3 Å². The van der Waals surface area contributed by atoms with Crippen LogP contribution in [0.5, 0.6) is 5.75 Å².